The molecule has 3 aromatic rings. The predicted octanol–water partition coefficient (Wildman–Crippen LogP) is 4.44. The molecule has 0 aliphatic carbocycles. The van der Waals surface area contributed by atoms with Gasteiger partial charge in [-0.3, -0.25) is 4.79 Å². The maximum Gasteiger partial charge on any atom is 0.276 e. The van der Waals surface area contributed by atoms with Crippen LogP contribution in [0.3, 0.4) is 0 Å². The summed E-state index contributed by atoms with van der Waals surface area (Å²) in [5.74, 6) is 0.719. The van der Waals surface area contributed by atoms with Crippen molar-refractivity contribution in [3.8, 4) is 5.75 Å². The van der Waals surface area contributed by atoms with E-state index in [2.05, 4.69) is 20.8 Å². The van der Waals surface area contributed by atoms with E-state index in [0.717, 1.165) is 11.3 Å². The van der Waals surface area contributed by atoms with Gasteiger partial charge in [-0.2, -0.15) is 0 Å². The zero-order valence-corrected chi connectivity index (χ0v) is 15.0. The summed E-state index contributed by atoms with van der Waals surface area (Å²) < 4.78 is 5.08. The van der Waals surface area contributed by atoms with Crippen LogP contribution in [0.1, 0.15) is 16.1 Å². The van der Waals surface area contributed by atoms with Crippen LogP contribution >= 0.6 is 11.6 Å². The summed E-state index contributed by atoms with van der Waals surface area (Å²) in [7, 11) is 1.53. The number of methoxy groups -OCH3 is 1. The van der Waals surface area contributed by atoms with Gasteiger partial charge >= 0.3 is 0 Å². The molecule has 0 aliphatic heterocycles. The molecule has 1 heterocycles. The minimum absolute atomic E-state index is 0.201. The SMILES string of the molecule is COc1ccc(NC(=O)c2ccc(Nc3cccc(C)c3)nn2)cc1Cl. The van der Waals surface area contributed by atoms with E-state index in [1.807, 2.05) is 31.2 Å². The van der Waals surface area contributed by atoms with Gasteiger partial charge in [0.25, 0.3) is 5.91 Å². The molecule has 0 saturated carbocycles. The average Bonchev–Trinajstić information content (AvgIpc) is 2.62. The van der Waals surface area contributed by atoms with Gasteiger partial charge in [-0.15, -0.1) is 10.2 Å². The Balaban J connectivity index is 1.68. The van der Waals surface area contributed by atoms with Crippen LogP contribution in [-0.2, 0) is 0 Å². The standard InChI is InChI=1S/C19H17ClN4O2/c1-12-4-3-5-13(10-12)21-18-9-7-16(23-24-18)19(25)22-14-6-8-17(26-2)15(20)11-14/h3-11H,1-2H3,(H,21,24)(H,22,25). The molecule has 2 aromatic carbocycles. The van der Waals surface area contributed by atoms with E-state index >= 15 is 0 Å². The number of carbonyl (C=O) groups is 1. The second-order valence-electron chi connectivity index (χ2n) is 5.60. The third kappa shape index (κ3) is 4.29. The number of halogens is 1. The lowest BCUT2D eigenvalue weighted by Crippen LogP contribution is -2.14. The Kier molecular flexibility index (Phi) is 5.34. The van der Waals surface area contributed by atoms with Gasteiger partial charge in [0, 0.05) is 11.4 Å². The van der Waals surface area contributed by atoms with E-state index in [0.29, 0.717) is 22.3 Å². The fourth-order valence-corrected chi connectivity index (χ4v) is 2.59. The normalized spacial score (nSPS) is 10.3. The van der Waals surface area contributed by atoms with Gasteiger partial charge in [-0.1, -0.05) is 23.7 Å². The number of nitrogens with one attached hydrogen (secondary N) is 2. The van der Waals surface area contributed by atoms with Gasteiger partial charge in [-0.25, -0.2) is 0 Å². The number of hydrogen-bond donors (Lipinski definition) is 2. The van der Waals surface area contributed by atoms with Crippen LogP contribution in [0.5, 0.6) is 5.75 Å². The highest BCUT2D eigenvalue weighted by atomic mass is 35.5. The molecular weight excluding hydrogens is 352 g/mol. The Hall–Kier alpha value is -3.12. The van der Waals surface area contributed by atoms with E-state index in [-0.39, 0.29) is 11.6 Å². The molecule has 7 heteroatoms. The van der Waals surface area contributed by atoms with Gasteiger partial charge < -0.3 is 15.4 Å². The Morgan fingerprint density at radius 3 is 2.54 bits per heavy atom. The first-order valence-electron chi connectivity index (χ1n) is 7.87. The second kappa shape index (κ2) is 7.84. The van der Waals surface area contributed by atoms with Crippen LogP contribution in [0, 0.1) is 6.92 Å². The van der Waals surface area contributed by atoms with Gasteiger partial charge in [0.05, 0.1) is 12.1 Å². The lowest BCUT2D eigenvalue weighted by molar-refractivity contribution is 0.102. The van der Waals surface area contributed by atoms with Crippen LogP contribution < -0.4 is 15.4 Å². The molecule has 0 unspecified atom stereocenters. The average molecular weight is 369 g/mol. The topological polar surface area (TPSA) is 76.1 Å². The van der Waals surface area contributed by atoms with E-state index < -0.39 is 0 Å². The number of amides is 1. The first-order chi connectivity index (χ1) is 12.5. The smallest absolute Gasteiger partial charge is 0.276 e. The highest BCUT2D eigenvalue weighted by molar-refractivity contribution is 6.32. The fraction of sp³-hybridized carbons (Fsp3) is 0.105. The molecule has 0 bridgehead atoms. The number of aromatic nitrogens is 2. The number of rotatable bonds is 5. The fourth-order valence-electron chi connectivity index (χ4n) is 2.33. The summed E-state index contributed by atoms with van der Waals surface area (Å²) in [6.45, 7) is 2.01. The maximum absolute atomic E-state index is 12.3. The van der Waals surface area contributed by atoms with Crippen LogP contribution in [-0.4, -0.2) is 23.2 Å². The van der Waals surface area contributed by atoms with Crippen LogP contribution in [0.15, 0.2) is 54.6 Å². The number of anilines is 3. The lowest BCUT2D eigenvalue weighted by atomic mass is 10.2. The first kappa shape index (κ1) is 17.7. The molecule has 26 heavy (non-hydrogen) atoms. The largest absolute Gasteiger partial charge is 0.495 e. The molecule has 132 valence electrons. The Bertz CT molecular complexity index is 929. The van der Waals surface area contributed by atoms with Gasteiger partial charge in [0.15, 0.2) is 11.5 Å². The molecule has 0 atom stereocenters. The molecule has 6 nitrogen and oxygen atoms in total. The number of hydrogen-bond acceptors (Lipinski definition) is 5. The summed E-state index contributed by atoms with van der Waals surface area (Å²) in [6, 6.07) is 16.2. The molecule has 2 N–H and O–H groups in total. The summed E-state index contributed by atoms with van der Waals surface area (Å²) in [5, 5.41) is 14.3. The van der Waals surface area contributed by atoms with E-state index in [9.17, 15) is 4.79 Å². The molecule has 3 rings (SSSR count). The third-order valence-electron chi connectivity index (χ3n) is 3.60. The number of ether oxygens (including phenoxy) is 1. The van der Waals surface area contributed by atoms with Crippen molar-refractivity contribution in [2.24, 2.45) is 0 Å². The molecule has 0 aliphatic rings. The number of carbonyl (C=O) groups excluding carboxylic acids is 1. The van der Waals surface area contributed by atoms with Crippen molar-refractivity contribution in [2.45, 2.75) is 6.92 Å². The highest BCUT2D eigenvalue weighted by Crippen LogP contribution is 2.27. The van der Waals surface area contributed by atoms with Gasteiger partial charge in [-0.05, 0) is 55.0 Å². The zero-order valence-electron chi connectivity index (χ0n) is 14.3. The first-order valence-corrected chi connectivity index (χ1v) is 8.25. The van der Waals surface area contributed by atoms with Crippen molar-refractivity contribution in [1.82, 2.24) is 10.2 Å². The van der Waals surface area contributed by atoms with E-state index in [4.69, 9.17) is 16.3 Å². The molecule has 0 fully saturated rings. The van der Waals surface area contributed by atoms with E-state index in [1.165, 1.54) is 7.11 Å². The molecule has 1 aromatic heterocycles. The summed E-state index contributed by atoms with van der Waals surface area (Å²) in [4.78, 5) is 12.3. The van der Waals surface area contributed by atoms with E-state index in [1.54, 1.807) is 30.3 Å². The quantitative estimate of drug-likeness (QED) is 0.696. The van der Waals surface area contributed by atoms with Crippen molar-refractivity contribution >= 4 is 34.7 Å². The number of aryl methyl sites for hydroxylation is 1. The molecule has 1 amide bonds. The van der Waals surface area contributed by atoms with Gasteiger partial charge in [0.1, 0.15) is 5.75 Å². The highest BCUT2D eigenvalue weighted by Gasteiger charge is 2.10. The van der Waals surface area contributed by atoms with Crippen LogP contribution in [0.2, 0.25) is 5.02 Å². The Labute approximate surface area is 156 Å². The van der Waals surface area contributed by atoms with Gasteiger partial charge in [0.2, 0.25) is 0 Å². The van der Waals surface area contributed by atoms with Crippen molar-refractivity contribution in [3.05, 3.63) is 70.9 Å². The molecule has 0 spiro atoms. The molecule has 0 saturated heterocycles. The number of benzene rings is 2. The maximum atomic E-state index is 12.3. The summed E-state index contributed by atoms with van der Waals surface area (Å²) in [5.41, 5.74) is 2.79. The molecular formula is C19H17ClN4O2. The van der Waals surface area contributed by atoms with Crippen molar-refractivity contribution < 1.29 is 9.53 Å². The predicted molar refractivity (Wildman–Crippen MR) is 102 cm³/mol. The Morgan fingerprint density at radius 2 is 1.88 bits per heavy atom. The number of nitrogens with zero attached hydrogens (tertiary/aromatic N) is 2. The monoisotopic (exact) mass is 368 g/mol. The van der Waals surface area contributed by atoms with Crippen LogP contribution in [0.25, 0.3) is 0 Å². The minimum atomic E-state index is -0.374. The molecule has 0 radical (unpaired) electrons. The third-order valence-corrected chi connectivity index (χ3v) is 3.89. The Morgan fingerprint density at radius 1 is 1.04 bits per heavy atom. The van der Waals surface area contributed by atoms with Crippen molar-refractivity contribution in [2.75, 3.05) is 17.7 Å². The van der Waals surface area contributed by atoms with Crippen LogP contribution in [0.4, 0.5) is 17.2 Å². The minimum Gasteiger partial charge on any atom is -0.495 e. The second-order valence-corrected chi connectivity index (χ2v) is 6.01. The van der Waals surface area contributed by atoms with Crippen molar-refractivity contribution in [1.29, 1.82) is 0 Å². The summed E-state index contributed by atoms with van der Waals surface area (Å²) >= 11 is 6.06. The summed E-state index contributed by atoms with van der Waals surface area (Å²) in [6.07, 6.45) is 0. The van der Waals surface area contributed by atoms with Crippen molar-refractivity contribution in [3.63, 3.8) is 0 Å². The zero-order chi connectivity index (χ0) is 18.5. The lowest BCUT2D eigenvalue weighted by Gasteiger charge is -2.08.